The molecule has 0 spiro atoms. The molecule has 2 aromatic rings. The summed E-state index contributed by atoms with van der Waals surface area (Å²) in [7, 11) is 1.58. The van der Waals surface area contributed by atoms with E-state index in [1.165, 1.54) is 4.46 Å². The number of benzene rings is 1. The maximum absolute atomic E-state index is 5.67. The monoisotopic (exact) mass is 309 g/mol. The van der Waals surface area contributed by atoms with Crippen molar-refractivity contribution in [2.24, 2.45) is 0 Å². The van der Waals surface area contributed by atoms with E-state index in [4.69, 9.17) is 10.5 Å². The van der Waals surface area contributed by atoms with Gasteiger partial charge in [-0.1, -0.05) is 0 Å². The van der Waals surface area contributed by atoms with Crippen molar-refractivity contribution < 1.29 is 4.74 Å². The zero-order valence-electron chi connectivity index (χ0n) is 10.3. The topological polar surface area (TPSA) is 61.0 Å². The SMILES string of the molecule is COc1cc(C(C)[Se]c2ccccc2)nc(N)n1. The predicted molar refractivity (Wildman–Crippen MR) is 73.2 cm³/mol. The van der Waals surface area contributed by atoms with Crippen molar-refractivity contribution in [3.63, 3.8) is 0 Å². The van der Waals surface area contributed by atoms with E-state index < -0.39 is 0 Å². The van der Waals surface area contributed by atoms with Crippen LogP contribution in [0.5, 0.6) is 5.88 Å². The molecular weight excluding hydrogens is 293 g/mol. The molecule has 0 saturated heterocycles. The Kier molecular flexibility index (Phi) is 4.18. The molecule has 2 N–H and O–H groups in total. The van der Waals surface area contributed by atoms with E-state index in [2.05, 4.69) is 41.2 Å². The summed E-state index contributed by atoms with van der Waals surface area (Å²) in [5.41, 5.74) is 6.60. The molecule has 94 valence electrons. The van der Waals surface area contributed by atoms with Crippen LogP contribution in [0.25, 0.3) is 0 Å². The summed E-state index contributed by atoms with van der Waals surface area (Å²) in [4.78, 5) is 8.61. The van der Waals surface area contributed by atoms with Crippen molar-refractivity contribution in [1.29, 1.82) is 0 Å². The summed E-state index contributed by atoms with van der Waals surface area (Å²) in [6.07, 6.45) is 0. The number of rotatable bonds is 4. The van der Waals surface area contributed by atoms with Crippen molar-refractivity contribution in [1.82, 2.24) is 9.97 Å². The third-order valence-electron chi connectivity index (χ3n) is 2.42. The number of hydrogen-bond donors (Lipinski definition) is 1. The van der Waals surface area contributed by atoms with Crippen LogP contribution in [-0.4, -0.2) is 32.0 Å². The number of ether oxygens (including phenoxy) is 1. The van der Waals surface area contributed by atoms with Gasteiger partial charge in [0.05, 0.1) is 0 Å². The zero-order valence-corrected chi connectivity index (χ0v) is 12.0. The van der Waals surface area contributed by atoms with Gasteiger partial charge in [-0.25, -0.2) is 0 Å². The molecule has 4 nitrogen and oxygen atoms in total. The fourth-order valence-corrected chi connectivity index (χ4v) is 3.56. The van der Waals surface area contributed by atoms with Crippen LogP contribution in [0, 0.1) is 0 Å². The first-order valence-electron chi connectivity index (χ1n) is 5.59. The van der Waals surface area contributed by atoms with E-state index in [1.54, 1.807) is 7.11 Å². The molecule has 0 saturated carbocycles. The third kappa shape index (κ3) is 3.22. The van der Waals surface area contributed by atoms with Crippen molar-refractivity contribution in [3.8, 4) is 5.88 Å². The van der Waals surface area contributed by atoms with Gasteiger partial charge >= 0.3 is 113 Å². The third-order valence-corrected chi connectivity index (χ3v) is 4.81. The standard InChI is InChI=1S/C13H15N3OSe/c1-9(18-10-6-4-3-5-7-10)11-8-12(17-2)16-13(14)15-11/h3-9H,1-2H3,(H2,14,15,16). The number of nitrogen functional groups attached to an aromatic ring is 1. The normalized spacial score (nSPS) is 12.1. The first-order chi connectivity index (χ1) is 8.69. The Labute approximate surface area is 113 Å². The molecule has 1 aromatic carbocycles. The molecule has 0 amide bonds. The van der Waals surface area contributed by atoms with Gasteiger partial charge in [0.15, 0.2) is 0 Å². The molecule has 0 aliphatic carbocycles. The van der Waals surface area contributed by atoms with Crippen molar-refractivity contribution in [3.05, 3.63) is 42.1 Å². The molecule has 18 heavy (non-hydrogen) atoms. The van der Waals surface area contributed by atoms with E-state index in [-0.39, 0.29) is 5.95 Å². The Hall–Kier alpha value is -1.58. The average Bonchev–Trinajstić information content (AvgIpc) is 2.39. The molecule has 0 fully saturated rings. The van der Waals surface area contributed by atoms with E-state index >= 15 is 0 Å². The predicted octanol–water partition coefficient (Wildman–Crippen LogP) is 1.16. The zero-order chi connectivity index (χ0) is 13.0. The second-order valence-corrected chi connectivity index (χ2v) is 6.73. The van der Waals surface area contributed by atoms with Crippen LogP contribution in [-0.2, 0) is 0 Å². The Bertz CT molecular complexity index is 519. The number of anilines is 1. The minimum absolute atomic E-state index is 0.264. The molecular formula is C13H15N3OSe. The molecule has 2 rings (SSSR count). The van der Waals surface area contributed by atoms with E-state index in [1.807, 2.05) is 12.1 Å². The number of nitrogens with zero attached hydrogens (tertiary/aromatic N) is 2. The molecule has 1 aromatic heterocycles. The van der Waals surface area contributed by atoms with Gasteiger partial charge in [-0.2, -0.15) is 0 Å². The van der Waals surface area contributed by atoms with Crippen LogP contribution < -0.4 is 14.9 Å². The van der Waals surface area contributed by atoms with Gasteiger partial charge in [0.2, 0.25) is 0 Å². The van der Waals surface area contributed by atoms with Gasteiger partial charge < -0.3 is 0 Å². The minimum atomic E-state index is 0.264. The van der Waals surface area contributed by atoms with Crippen LogP contribution in [0.4, 0.5) is 5.95 Å². The van der Waals surface area contributed by atoms with Crippen LogP contribution in [0.2, 0.25) is 0 Å². The molecule has 0 bridgehead atoms. The number of methoxy groups -OCH3 is 1. The second-order valence-electron chi connectivity index (χ2n) is 3.77. The van der Waals surface area contributed by atoms with Gasteiger partial charge in [0, 0.05) is 0 Å². The van der Waals surface area contributed by atoms with Crippen LogP contribution >= 0.6 is 0 Å². The van der Waals surface area contributed by atoms with Gasteiger partial charge in [0.1, 0.15) is 0 Å². The number of hydrogen-bond acceptors (Lipinski definition) is 4. The number of aromatic nitrogens is 2. The fourth-order valence-electron chi connectivity index (χ4n) is 1.54. The first kappa shape index (κ1) is 12.9. The van der Waals surface area contributed by atoms with Gasteiger partial charge in [0.25, 0.3) is 0 Å². The maximum atomic E-state index is 5.67. The van der Waals surface area contributed by atoms with Crippen LogP contribution in [0.3, 0.4) is 0 Å². The molecule has 0 aliphatic heterocycles. The van der Waals surface area contributed by atoms with Gasteiger partial charge in [-0.15, -0.1) is 0 Å². The summed E-state index contributed by atoms with van der Waals surface area (Å²) in [5, 5.41) is 0. The fraction of sp³-hybridized carbons (Fsp3) is 0.231. The van der Waals surface area contributed by atoms with Crippen LogP contribution in [0.15, 0.2) is 36.4 Å². The molecule has 0 radical (unpaired) electrons. The summed E-state index contributed by atoms with van der Waals surface area (Å²) in [6, 6.07) is 12.3. The quantitative estimate of drug-likeness (QED) is 0.861. The molecule has 0 aliphatic rings. The van der Waals surface area contributed by atoms with Gasteiger partial charge in [-0.05, 0) is 0 Å². The summed E-state index contributed by atoms with van der Waals surface area (Å²) in [5.74, 6) is 0.785. The Morgan fingerprint density at radius 3 is 2.61 bits per heavy atom. The molecule has 5 heteroatoms. The Balaban J connectivity index is 2.18. The first-order valence-corrected chi connectivity index (χ1v) is 7.43. The van der Waals surface area contributed by atoms with E-state index in [0.29, 0.717) is 25.7 Å². The molecule has 1 atom stereocenters. The number of nitrogens with two attached hydrogens (primary N) is 1. The molecule has 1 heterocycles. The summed E-state index contributed by atoms with van der Waals surface area (Å²) in [6.45, 7) is 2.15. The second kappa shape index (κ2) is 5.85. The van der Waals surface area contributed by atoms with Crippen LogP contribution in [0.1, 0.15) is 17.4 Å². The van der Waals surface area contributed by atoms with E-state index in [0.717, 1.165) is 5.69 Å². The van der Waals surface area contributed by atoms with Crippen molar-refractivity contribution in [2.75, 3.05) is 12.8 Å². The summed E-state index contributed by atoms with van der Waals surface area (Å²) >= 11 is 0.313. The van der Waals surface area contributed by atoms with Gasteiger partial charge in [-0.3, -0.25) is 0 Å². The Morgan fingerprint density at radius 2 is 1.94 bits per heavy atom. The Morgan fingerprint density at radius 1 is 1.22 bits per heavy atom. The van der Waals surface area contributed by atoms with E-state index in [9.17, 15) is 0 Å². The average molecular weight is 308 g/mol. The van der Waals surface area contributed by atoms with Crippen molar-refractivity contribution >= 4 is 25.4 Å². The van der Waals surface area contributed by atoms with Crippen molar-refractivity contribution in [2.45, 2.75) is 11.7 Å². The summed E-state index contributed by atoms with van der Waals surface area (Å²) < 4.78 is 6.45. The molecule has 1 unspecified atom stereocenters.